The number of carboxylic acid groups (broad SMARTS) is 1. The lowest BCUT2D eigenvalue weighted by atomic mass is 9.70. The number of benzene rings is 5. The van der Waals surface area contributed by atoms with Crippen LogP contribution in [0.3, 0.4) is 0 Å². The lowest BCUT2D eigenvalue weighted by molar-refractivity contribution is -0.132. The molecule has 1 heterocycles. The number of nitrogens with zero attached hydrogens (tertiary/aromatic N) is 2. The summed E-state index contributed by atoms with van der Waals surface area (Å²) in [5.41, 5.74) is 13.5. The van der Waals surface area contributed by atoms with Crippen molar-refractivity contribution in [2.75, 3.05) is 4.90 Å². The Balaban J connectivity index is 1.33. The van der Waals surface area contributed by atoms with Gasteiger partial charge in [0.2, 0.25) is 0 Å². The molecule has 0 fully saturated rings. The molecule has 63 heavy (non-hydrogen) atoms. The zero-order chi connectivity index (χ0) is 44.1. The van der Waals surface area contributed by atoms with Gasteiger partial charge in [-0.2, -0.15) is 5.26 Å². The van der Waals surface area contributed by atoms with Crippen molar-refractivity contribution in [2.45, 2.75) is 116 Å². The number of aliphatic carboxylic acids is 1. The van der Waals surface area contributed by atoms with Gasteiger partial charge in [0.1, 0.15) is 17.2 Å². The van der Waals surface area contributed by atoms with E-state index in [9.17, 15) is 20.0 Å². The summed E-state index contributed by atoms with van der Waals surface area (Å²) in [6, 6.07) is 41.7. The standard InChI is InChI=1S/C57H58N2O4/c1-5-9-30-56(31-10-6-2)49-22-15-13-20-45(49)47-28-26-42(35-51(47)56)59(44-25-24-39-34-40(55(62)63-53(39)37-44)18-17-19-41(38-58)54(60)61)43-27-29-48-46-21-14-16-23-50(46)57(32-11-7-3,33-12-8-4)52(48)36-43/h13-29,34-37H,5-12,30-33H2,1-4H3,(H,60,61). The van der Waals surface area contributed by atoms with Crippen LogP contribution < -0.4 is 10.5 Å². The number of anilines is 3. The molecule has 0 saturated heterocycles. The van der Waals surface area contributed by atoms with Crippen LogP contribution in [0.25, 0.3) is 39.3 Å². The summed E-state index contributed by atoms with van der Waals surface area (Å²) in [6.07, 6.45) is 17.5. The van der Waals surface area contributed by atoms with E-state index in [-0.39, 0.29) is 16.4 Å². The van der Waals surface area contributed by atoms with Gasteiger partial charge in [0.05, 0.1) is 5.56 Å². The molecule has 0 bridgehead atoms. The van der Waals surface area contributed by atoms with Crippen molar-refractivity contribution >= 4 is 40.1 Å². The van der Waals surface area contributed by atoms with Crippen LogP contribution >= 0.6 is 0 Å². The van der Waals surface area contributed by atoms with Crippen LogP contribution in [0.15, 0.2) is 136 Å². The minimum Gasteiger partial charge on any atom is -0.477 e. The summed E-state index contributed by atoms with van der Waals surface area (Å²) >= 11 is 0. The summed E-state index contributed by atoms with van der Waals surface area (Å²) < 4.78 is 6.03. The van der Waals surface area contributed by atoms with Gasteiger partial charge in [0.25, 0.3) is 0 Å². The van der Waals surface area contributed by atoms with Crippen molar-refractivity contribution in [2.24, 2.45) is 0 Å². The quantitative estimate of drug-likeness (QED) is 0.0401. The first kappa shape index (κ1) is 43.2. The zero-order valence-corrected chi connectivity index (χ0v) is 37.2. The Morgan fingerprint density at radius 1 is 0.635 bits per heavy atom. The van der Waals surface area contributed by atoms with Crippen LogP contribution in [0, 0.1) is 11.3 Å². The minimum absolute atomic E-state index is 0.0948. The molecule has 2 aliphatic rings. The third-order valence-corrected chi connectivity index (χ3v) is 13.7. The normalized spacial score (nSPS) is 14.3. The van der Waals surface area contributed by atoms with Crippen LogP contribution in [-0.4, -0.2) is 11.1 Å². The third kappa shape index (κ3) is 7.84. The lowest BCUT2D eigenvalue weighted by Gasteiger charge is -2.35. The lowest BCUT2D eigenvalue weighted by Crippen LogP contribution is -2.26. The monoisotopic (exact) mass is 834 g/mol. The van der Waals surface area contributed by atoms with E-state index in [1.54, 1.807) is 12.1 Å². The number of rotatable bonds is 18. The van der Waals surface area contributed by atoms with Gasteiger partial charge in [-0.05, 0) is 125 Å². The van der Waals surface area contributed by atoms with E-state index in [2.05, 4.69) is 124 Å². The van der Waals surface area contributed by atoms with E-state index in [0.717, 1.165) is 99.5 Å². The number of unbranched alkanes of at least 4 members (excludes halogenated alkanes) is 4. The van der Waals surface area contributed by atoms with Crippen molar-refractivity contribution in [1.82, 2.24) is 0 Å². The average Bonchev–Trinajstić information content (AvgIpc) is 3.73. The predicted molar refractivity (Wildman–Crippen MR) is 258 cm³/mol. The molecule has 0 aliphatic heterocycles. The van der Waals surface area contributed by atoms with Crippen LogP contribution in [-0.2, 0) is 15.6 Å². The Morgan fingerprint density at radius 2 is 1.10 bits per heavy atom. The molecule has 0 spiro atoms. The fourth-order valence-corrected chi connectivity index (χ4v) is 10.6. The molecule has 0 radical (unpaired) electrons. The van der Waals surface area contributed by atoms with Crippen molar-refractivity contribution in [3.8, 4) is 28.3 Å². The van der Waals surface area contributed by atoms with Gasteiger partial charge >= 0.3 is 11.6 Å². The highest BCUT2D eigenvalue weighted by molar-refractivity contribution is 5.92. The molecule has 0 unspecified atom stereocenters. The fourth-order valence-electron chi connectivity index (χ4n) is 10.6. The Labute approximate surface area is 372 Å². The number of fused-ring (bicyclic) bond motifs is 7. The first-order valence-corrected chi connectivity index (χ1v) is 23.1. The van der Waals surface area contributed by atoms with Crippen LogP contribution in [0.4, 0.5) is 17.1 Å². The Kier molecular flexibility index (Phi) is 12.7. The van der Waals surface area contributed by atoms with E-state index in [1.165, 1.54) is 62.7 Å². The highest BCUT2D eigenvalue weighted by Crippen LogP contribution is 2.57. The Morgan fingerprint density at radius 3 is 1.57 bits per heavy atom. The Hall–Kier alpha value is -6.45. The first-order chi connectivity index (χ1) is 30.7. The molecular formula is C57H58N2O4. The molecule has 2 aliphatic carbocycles. The third-order valence-electron chi connectivity index (χ3n) is 13.7. The highest BCUT2D eigenvalue weighted by Gasteiger charge is 2.44. The largest absolute Gasteiger partial charge is 0.477 e. The molecule has 5 aromatic carbocycles. The van der Waals surface area contributed by atoms with Crippen LogP contribution in [0.1, 0.15) is 133 Å². The molecule has 8 rings (SSSR count). The molecule has 6 aromatic rings. The second-order valence-electron chi connectivity index (χ2n) is 17.5. The van der Waals surface area contributed by atoms with Gasteiger partial charge in [-0.1, -0.05) is 146 Å². The molecule has 1 aromatic heterocycles. The second kappa shape index (κ2) is 18.5. The maximum atomic E-state index is 13.5. The molecule has 0 atom stereocenters. The van der Waals surface area contributed by atoms with Gasteiger partial charge in [0, 0.05) is 39.3 Å². The van der Waals surface area contributed by atoms with Crippen LogP contribution in [0.5, 0.6) is 0 Å². The van der Waals surface area contributed by atoms with Gasteiger partial charge < -0.3 is 14.4 Å². The van der Waals surface area contributed by atoms with Crippen LogP contribution in [0.2, 0.25) is 0 Å². The summed E-state index contributed by atoms with van der Waals surface area (Å²) in [7, 11) is 0. The van der Waals surface area contributed by atoms with E-state index in [4.69, 9.17) is 4.42 Å². The van der Waals surface area contributed by atoms with E-state index < -0.39 is 17.2 Å². The molecule has 0 amide bonds. The summed E-state index contributed by atoms with van der Waals surface area (Å²) in [5.74, 6) is -1.33. The highest BCUT2D eigenvalue weighted by atomic mass is 16.4. The van der Waals surface area contributed by atoms with Crippen molar-refractivity contribution in [3.63, 3.8) is 0 Å². The number of hydrogen-bond acceptors (Lipinski definition) is 5. The predicted octanol–water partition coefficient (Wildman–Crippen LogP) is 15.1. The SMILES string of the molecule is CCCCC1(CCCC)c2ccccc2-c2ccc(N(c3ccc4c(c3)C(CCCC)(CCCC)c3ccccc3-4)c3ccc4cc(C=CC=C(C#N)C(=O)O)c(=O)oc4c3)cc21. The average molecular weight is 835 g/mol. The van der Waals surface area contributed by atoms with Crippen molar-refractivity contribution in [3.05, 3.63) is 165 Å². The van der Waals surface area contributed by atoms with E-state index in [1.807, 2.05) is 12.1 Å². The zero-order valence-electron chi connectivity index (χ0n) is 37.2. The van der Waals surface area contributed by atoms with Gasteiger partial charge in [0.15, 0.2) is 0 Å². The Bertz CT molecular complexity index is 2700. The van der Waals surface area contributed by atoms with Crippen molar-refractivity contribution < 1.29 is 14.3 Å². The maximum absolute atomic E-state index is 13.5. The number of hydrogen-bond donors (Lipinski definition) is 1. The van der Waals surface area contributed by atoms with Gasteiger partial charge in [-0.25, -0.2) is 9.59 Å². The summed E-state index contributed by atoms with van der Waals surface area (Å²) in [5, 5.41) is 19.2. The van der Waals surface area contributed by atoms with Crippen molar-refractivity contribution in [1.29, 1.82) is 5.26 Å². The second-order valence-corrected chi connectivity index (χ2v) is 17.5. The number of carboxylic acids is 1. The van der Waals surface area contributed by atoms with E-state index in [0.29, 0.717) is 5.58 Å². The number of allylic oxidation sites excluding steroid dienone is 2. The molecule has 0 saturated carbocycles. The van der Waals surface area contributed by atoms with Gasteiger partial charge in [-0.3, -0.25) is 0 Å². The number of nitriles is 1. The van der Waals surface area contributed by atoms with Gasteiger partial charge in [-0.15, -0.1) is 0 Å². The summed E-state index contributed by atoms with van der Waals surface area (Å²) in [4.78, 5) is 27.2. The molecule has 6 nitrogen and oxygen atoms in total. The first-order valence-electron chi connectivity index (χ1n) is 23.1. The molecule has 6 heteroatoms. The molecular weight excluding hydrogens is 777 g/mol. The maximum Gasteiger partial charge on any atom is 0.346 e. The topological polar surface area (TPSA) is 94.5 Å². The fraction of sp³-hybridized carbons (Fsp3) is 0.316. The smallest absolute Gasteiger partial charge is 0.346 e. The molecule has 320 valence electrons. The molecule has 1 N–H and O–H groups in total. The summed E-state index contributed by atoms with van der Waals surface area (Å²) in [6.45, 7) is 9.16. The van der Waals surface area contributed by atoms with E-state index >= 15 is 0 Å². The number of carbonyl (C=O) groups is 1. The minimum atomic E-state index is -1.33.